The van der Waals surface area contributed by atoms with Crippen LogP contribution in [0.1, 0.15) is 5.56 Å². The first-order valence-electron chi connectivity index (χ1n) is 5.79. The number of rotatable bonds is 3. The van der Waals surface area contributed by atoms with Crippen LogP contribution in [-0.2, 0) is 6.42 Å². The summed E-state index contributed by atoms with van der Waals surface area (Å²) in [5.74, 6) is 0.735. The van der Waals surface area contributed by atoms with Crippen LogP contribution in [0.2, 0.25) is 5.02 Å². The van der Waals surface area contributed by atoms with Gasteiger partial charge in [-0.2, -0.15) is 0 Å². The van der Waals surface area contributed by atoms with E-state index in [9.17, 15) is 0 Å². The molecule has 0 fully saturated rings. The van der Waals surface area contributed by atoms with E-state index < -0.39 is 0 Å². The zero-order valence-electron chi connectivity index (χ0n) is 9.67. The predicted octanol–water partition coefficient (Wildman–Crippen LogP) is 3.83. The van der Waals surface area contributed by atoms with Gasteiger partial charge in [-0.1, -0.05) is 29.8 Å². The standard InChI is InChI=1S/C14H12ClNOS/c15-11-6-12(8-16-7-11)17-9-13-5-10-3-1-2-4-14(10)18-13/h1-4,6-8,13H,5,9H2. The fraction of sp³-hybridized carbons (Fsp3) is 0.214. The molecule has 0 N–H and O–H groups in total. The smallest absolute Gasteiger partial charge is 0.139 e. The van der Waals surface area contributed by atoms with Gasteiger partial charge in [0.25, 0.3) is 0 Å². The van der Waals surface area contributed by atoms with Crippen molar-refractivity contribution < 1.29 is 4.74 Å². The third-order valence-corrected chi connectivity index (χ3v) is 4.32. The topological polar surface area (TPSA) is 22.1 Å². The molecule has 18 heavy (non-hydrogen) atoms. The molecule has 0 bridgehead atoms. The highest BCUT2D eigenvalue weighted by Crippen LogP contribution is 2.36. The van der Waals surface area contributed by atoms with Crippen LogP contribution in [0.4, 0.5) is 0 Å². The first-order valence-corrected chi connectivity index (χ1v) is 7.05. The summed E-state index contributed by atoms with van der Waals surface area (Å²) >= 11 is 7.75. The minimum Gasteiger partial charge on any atom is -0.491 e. The third kappa shape index (κ3) is 2.62. The minimum absolute atomic E-state index is 0.474. The molecule has 0 radical (unpaired) electrons. The number of benzene rings is 1. The first kappa shape index (κ1) is 11.9. The van der Waals surface area contributed by atoms with Gasteiger partial charge in [0, 0.05) is 22.4 Å². The van der Waals surface area contributed by atoms with Gasteiger partial charge in [-0.15, -0.1) is 11.8 Å². The van der Waals surface area contributed by atoms with Gasteiger partial charge in [0.05, 0.1) is 11.2 Å². The Morgan fingerprint density at radius 2 is 2.22 bits per heavy atom. The molecular weight excluding hydrogens is 266 g/mol. The van der Waals surface area contributed by atoms with Crippen molar-refractivity contribution in [3.05, 3.63) is 53.3 Å². The fourth-order valence-corrected chi connectivity index (χ4v) is 3.39. The number of pyridine rings is 1. The summed E-state index contributed by atoms with van der Waals surface area (Å²) < 4.78 is 5.73. The first-order chi connectivity index (χ1) is 8.81. The molecule has 4 heteroatoms. The highest BCUT2D eigenvalue weighted by molar-refractivity contribution is 8.00. The van der Waals surface area contributed by atoms with E-state index in [-0.39, 0.29) is 0 Å². The molecule has 1 aromatic heterocycles. The summed E-state index contributed by atoms with van der Waals surface area (Å²) in [6.45, 7) is 0.682. The van der Waals surface area contributed by atoms with Crippen molar-refractivity contribution in [2.45, 2.75) is 16.6 Å². The van der Waals surface area contributed by atoms with E-state index in [4.69, 9.17) is 16.3 Å². The molecule has 2 aromatic rings. The van der Waals surface area contributed by atoms with Crippen molar-refractivity contribution in [3.63, 3.8) is 0 Å². The zero-order valence-corrected chi connectivity index (χ0v) is 11.2. The van der Waals surface area contributed by atoms with Crippen molar-refractivity contribution in [3.8, 4) is 5.75 Å². The Morgan fingerprint density at radius 3 is 3.06 bits per heavy atom. The number of fused-ring (bicyclic) bond motifs is 1. The van der Waals surface area contributed by atoms with Gasteiger partial charge in [-0.3, -0.25) is 4.98 Å². The highest BCUT2D eigenvalue weighted by atomic mass is 35.5. The number of ether oxygens (including phenoxy) is 1. The van der Waals surface area contributed by atoms with Crippen LogP contribution in [0, 0.1) is 0 Å². The maximum absolute atomic E-state index is 5.87. The monoisotopic (exact) mass is 277 g/mol. The quantitative estimate of drug-likeness (QED) is 0.851. The van der Waals surface area contributed by atoms with Gasteiger partial charge in [-0.05, 0) is 18.1 Å². The van der Waals surface area contributed by atoms with E-state index >= 15 is 0 Å². The second-order valence-electron chi connectivity index (χ2n) is 4.20. The lowest BCUT2D eigenvalue weighted by Gasteiger charge is -2.10. The Hall–Kier alpha value is -1.19. The van der Waals surface area contributed by atoms with Gasteiger partial charge in [0.15, 0.2) is 0 Å². The summed E-state index contributed by atoms with van der Waals surface area (Å²) in [7, 11) is 0. The maximum Gasteiger partial charge on any atom is 0.139 e. The zero-order chi connectivity index (χ0) is 12.4. The van der Waals surface area contributed by atoms with Crippen LogP contribution >= 0.6 is 23.4 Å². The number of halogens is 1. The number of hydrogen-bond acceptors (Lipinski definition) is 3. The molecule has 1 atom stereocenters. The molecule has 3 rings (SSSR count). The second kappa shape index (κ2) is 5.21. The van der Waals surface area contributed by atoms with Crippen molar-refractivity contribution in [2.24, 2.45) is 0 Å². The van der Waals surface area contributed by atoms with Crippen LogP contribution in [0.5, 0.6) is 5.75 Å². The molecule has 2 heterocycles. The Morgan fingerprint density at radius 1 is 1.33 bits per heavy atom. The number of hydrogen-bond donors (Lipinski definition) is 0. The molecule has 1 unspecified atom stereocenters. The lowest BCUT2D eigenvalue weighted by molar-refractivity contribution is 0.316. The van der Waals surface area contributed by atoms with E-state index in [1.54, 1.807) is 18.5 Å². The molecule has 2 nitrogen and oxygen atoms in total. The average molecular weight is 278 g/mol. The van der Waals surface area contributed by atoms with Gasteiger partial charge in [-0.25, -0.2) is 0 Å². The third-order valence-electron chi connectivity index (χ3n) is 2.83. The van der Waals surface area contributed by atoms with Crippen molar-refractivity contribution in [1.29, 1.82) is 0 Å². The Labute approximate surface area is 115 Å². The predicted molar refractivity (Wildman–Crippen MR) is 74.5 cm³/mol. The Bertz CT molecular complexity index is 536. The largest absolute Gasteiger partial charge is 0.491 e. The Kier molecular flexibility index (Phi) is 3.43. The molecule has 92 valence electrons. The lowest BCUT2D eigenvalue weighted by atomic mass is 10.1. The summed E-state index contributed by atoms with van der Waals surface area (Å²) in [4.78, 5) is 5.38. The molecule has 1 aliphatic heterocycles. The summed E-state index contributed by atoms with van der Waals surface area (Å²) in [6, 6.07) is 10.3. The molecule has 0 saturated carbocycles. The van der Waals surface area contributed by atoms with Gasteiger partial charge in [0.1, 0.15) is 12.4 Å². The van der Waals surface area contributed by atoms with Crippen molar-refractivity contribution in [1.82, 2.24) is 4.98 Å². The molecular formula is C14H12ClNOS. The van der Waals surface area contributed by atoms with Crippen LogP contribution in [0.3, 0.4) is 0 Å². The summed E-state index contributed by atoms with van der Waals surface area (Å²) in [5, 5.41) is 1.08. The van der Waals surface area contributed by atoms with Gasteiger partial charge in [0.2, 0.25) is 0 Å². The van der Waals surface area contributed by atoms with E-state index in [1.165, 1.54) is 10.5 Å². The Balaban J connectivity index is 1.60. The molecule has 1 aromatic carbocycles. The van der Waals surface area contributed by atoms with Gasteiger partial charge >= 0.3 is 0 Å². The normalized spacial score (nSPS) is 17.5. The van der Waals surface area contributed by atoms with Gasteiger partial charge < -0.3 is 4.74 Å². The molecule has 0 amide bonds. The van der Waals surface area contributed by atoms with Crippen molar-refractivity contribution in [2.75, 3.05) is 6.61 Å². The molecule has 0 spiro atoms. The second-order valence-corrected chi connectivity index (χ2v) is 5.98. The molecule has 0 aliphatic carbocycles. The van der Waals surface area contributed by atoms with Crippen LogP contribution in [-0.4, -0.2) is 16.8 Å². The summed E-state index contributed by atoms with van der Waals surface area (Å²) in [6.07, 6.45) is 4.36. The highest BCUT2D eigenvalue weighted by Gasteiger charge is 2.22. The van der Waals surface area contributed by atoms with E-state index in [2.05, 4.69) is 29.2 Å². The lowest BCUT2D eigenvalue weighted by Crippen LogP contribution is -2.13. The van der Waals surface area contributed by atoms with E-state index in [1.807, 2.05) is 11.8 Å². The molecule has 1 aliphatic rings. The van der Waals surface area contributed by atoms with Crippen LogP contribution in [0.15, 0.2) is 47.6 Å². The average Bonchev–Trinajstić information content (AvgIpc) is 2.79. The SMILES string of the molecule is Clc1cncc(OCC2Cc3ccccc3S2)c1. The molecule has 0 saturated heterocycles. The number of thioether (sulfide) groups is 1. The minimum atomic E-state index is 0.474. The van der Waals surface area contributed by atoms with Crippen molar-refractivity contribution >= 4 is 23.4 Å². The maximum atomic E-state index is 5.87. The van der Waals surface area contributed by atoms with E-state index in [0.717, 1.165) is 12.2 Å². The van der Waals surface area contributed by atoms with E-state index in [0.29, 0.717) is 16.9 Å². The number of nitrogens with zero attached hydrogens (tertiary/aromatic N) is 1. The fourth-order valence-electron chi connectivity index (χ4n) is 2.01. The number of aromatic nitrogens is 1. The van der Waals surface area contributed by atoms with Crippen LogP contribution in [0.25, 0.3) is 0 Å². The summed E-state index contributed by atoms with van der Waals surface area (Å²) in [5.41, 5.74) is 1.42. The van der Waals surface area contributed by atoms with Crippen LogP contribution < -0.4 is 4.74 Å².